The molecule has 0 amide bonds. The first-order valence-corrected chi connectivity index (χ1v) is 11.2. The number of carbonyl (C=O) groups excluding carboxylic acids is 1. The van der Waals surface area contributed by atoms with Crippen LogP contribution in [0.4, 0.5) is 4.39 Å². The van der Waals surface area contributed by atoms with Crippen LogP contribution in [0.5, 0.6) is 11.5 Å². The number of esters is 1. The summed E-state index contributed by atoms with van der Waals surface area (Å²) in [7, 11) is 0. The third-order valence-corrected chi connectivity index (χ3v) is 6.45. The number of nitrogens with zero attached hydrogens (tertiary/aromatic N) is 1. The largest absolute Gasteiger partial charge is 0.457 e. The Balaban J connectivity index is 1.46. The van der Waals surface area contributed by atoms with Crippen molar-refractivity contribution in [3.05, 3.63) is 102 Å². The summed E-state index contributed by atoms with van der Waals surface area (Å²) < 4.78 is 24.5. The molecule has 0 heterocycles. The maximum atomic E-state index is 13.1. The van der Waals surface area contributed by atoms with Gasteiger partial charge in [0, 0.05) is 10.6 Å². The van der Waals surface area contributed by atoms with E-state index in [1.54, 1.807) is 24.3 Å². The highest BCUT2D eigenvalue weighted by atomic mass is 35.5. The molecule has 3 aromatic rings. The van der Waals surface area contributed by atoms with Crippen LogP contribution < -0.4 is 4.74 Å². The van der Waals surface area contributed by atoms with E-state index in [1.165, 1.54) is 24.3 Å². The van der Waals surface area contributed by atoms with Gasteiger partial charge >= 0.3 is 5.97 Å². The highest BCUT2D eigenvalue weighted by Crippen LogP contribution is 2.60. The first-order chi connectivity index (χ1) is 16.3. The zero-order chi connectivity index (χ0) is 24.3. The second-order valence-corrected chi connectivity index (χ2v) is 9.19. The number of benzene rings is 3. The minimum Gasteiger partial charge on any atom is -0.457 e. The van der Waals surface area contributed by atoms with Crippen molar-refractivity contribution in [2.24, 2.45) is 17.3 Å². The highest BCUT2D eigenvalue weighted by molar-refractivity contribution is 6.48. The fraction of sp³-hybridized carbons (Fsp3) is 0.214. The summed E-state index contributed by atoms with van der Waals surface area (Å²) in [6, 6.07) is 23.9. The van der Waals surface area contributed by atoms with Crippen LogP contribution in [0.2, 0.25) is 0 Å². The number of carbonyl (C=O) groups is 1. The Morgan fingerprint density at radius 3 is 2.44 bits per heavy atom. The van der Waals surface area contributed by atoms with Gasteiger partial charge in [-0.15, -0.1) is 0 Å². The first-order valence-electron chi connectivity index (χ1n) is 10.9. The molecule has 34 heavy (non-hydrogen) atoms. The molecule has 0 saturated heterocycles. The summed E-state index contributed by atoms with van der Waals surface area (Å²) in [5, 5.41) is 10.3. The van der Waals surface area contributed by atoms with Gasteiger partial charge in [-0.3, -0.25) is 4.79 Å². The van der Waals surface area contributed by atoms with E-state index in [2.05, 4.69) is 0 Å². The number of halogens is 2. The van der Waals surface area contributed by atoms with Crippen molar-refractivity contribution in [2.75, 3.05) is 0 Å². The smallest absolute Gasteiger partial charge is 0.311 e. The van der Waals surface area contributed by atoms with Crippen molar-refractivity contribution in [2.45, 2.75) is 20.0 Å². The van der Waals surface area contributed by atoms with Gasteiger partial charge in [0.2, 0.25) is 6.10 Å². The Kier molecular flexibility index (Phi) is 6.72. The molecule has 3 unspecified atom stereocenters. The number of ether oxygens (including phenoxy) is 2. The lowest BCUT2D eigenvalue weighted by Gasteiger charge is -2.13. The van der Waals surface area contributed by atoms with E-state index in [0.717, 1.165) is 5.56 Å². The molecule has 0 bridgehead atoms. The van der Waals surface area contributed by atoms with Gasteiger partial charge in [-0.05, 0) is 53.3 Å². The molecule has 0 aromatic heterocycles. The van der Waals surface area contributed by atoms with E-state index in [9.17, 15) is 14.4 Å². The van der Waals surface area contributed by atoms with Crippen LogP contribution in [0.1, 0.15) is 31.1 Å². The molecular weight excluding hydrogens is 453 g/mol. The van der Waals surface area contributed by atoms with Crippen molar-refractivity contribution in [1.82, 2.24) is 0 Å². The van der Waals surface area contributed by atoms with E-state index in [0.29, 0.717) is 22.1 Å². The quantitative estimate of drug-likeness (QED) is 0.337. The predicted molar refractivity (Wildman–Crippen MR) is 128 cm³/mol. The summed E-state index contributed by atoms with van der Waals surface area (Å²) in [4.78, 5) is 13.0. The van der Waals surface area contributed by atoms with E-state index < -0.39 is 18.0 Å². The van der Waals surface area contributed by atoms with Crippen LogP contribution in [0, 0.1) is 34.4 Å². The normalized spacial score (nSPS) is 19.6. The number of hydrogen-bond acceptors (Lipinski definition) is 4. The molecule has 1 aliphatic carbocycles. The zero-order valence-corrected chi connectivity index (χ0v) is 19.5. The lowest BCUT2D eigenvalue weighted by Crippen LogP contribution is -2.14. The lowest BCUT2D eigenvalue weighted by atomic mass is 10.1. The first kappa shape index (κ1) is 23.5. The monoisotopic (exact) mass is 475 g/mol. The van der Waals surface area contributed by atoms with Crippen molar-refractivity contribution in [1.29, 1.82) is 5.26 Å². The van der Waals surface area contributed by atoms with Gasteiger partial charge in [0.25, 0.3) is 0 Å². The molecule has 1 aliphatic rings. The Morgan fingerprint density at radius 2 is 1.76 bits per heavy atom. The minimum atomic E-state index is -1.09. The molecule has 1 fully saturated rings. The topological polar surface area (TPSA) is 59.3 Å². The Labute approximate surface area is 203 Å². The molecule has 4 rings (SSSR count). The van der Waals surface area contributed by atoms with Crippen LogP contribution in [-0.4, -0.2) is 5.97 Å². The van der Waals surface area contributed by atoms with Crippen molar-refractivity contribution >= 4 is 22.6 Å². The Morgan fingerprint density at radius 1 is 1.06 bits per heavy atom. The summed E-state index contributed by atoms with van der Waals surface area (Å²) in [5.41, 5.74) is 1.04. The molecule has 0 N–H and O–H groups in total. The standard InChI is InChI=1S/C28H23ClFNO3/c1-28(2)23(16-24(29)18-7-4-3-5-8-18)26(28)27(32)34-25(17-31)19-9-6-10-22(15-19)33-21-13-11-20(30)12-14-21/h3-16,23,25-26H,1-2H3. The van der Waals surface area contributed by atoms with Crippen LogP contribution in [-0.2, 0) is 9.53 Å². The Bertz CT molecular complexity index is 1250. The molecule has 4 nitrogen and oxygen atoms in total. The molecule has 172 valence electrons. The van der Waals surface area contributed by atoms with Crippen LogP contribution >= 0.6 is 11.6 Å². The van der Waals surface area contributed by atoms with Gasteiger partial charge in [0.1, 0.15) is 23.4 Å². The number of nitriles is 1. The maximum absolute atomic E-state index is 13.1. The maximum Gasteiger partial charge on any atom is 0.311 e. The lowest BCUT2D eigenvalue weighted by molar-refractivity contribution is -0.149. The predicted octanol–water partition coefficient (Wildman–Crippen LogP) is 7.28. The van der Waals surface area contributed by atoms with Crippen LogP contribution in [0.25, 0.3) is 5.03 Å². The molecule has 0 spiro atoms. The average molecular weight is 476 g/mol. The van der Waals surface area contributed by atoms with Crippen molar-refractivity contribution < 1.29 is 18.7 Å². The number of hydrogen-bond donors (Lipinski definition) is 0. The van der Waals surface area contributed by atoms with E-state index in [4.69, 9.17) is 21.1 Å². The molecule has 3 atom stereocenters. The molecular formula is C28H23ClFNO3. The fourth-order valence-electron chi connectivity index (χ4n) is 4.03. The number of rotatable bonds is 7. The third-order valence-electron chi connectivity index (χ3n) is 6.10. The van der Waals surface area contributed by atoms with Crippen molar-refractivity contribution in [3.63, 3.8) is 0 Å². The van der Waals surface area contributed by atoms with Crippen LogP contribution in [0.15, 0.2) is 84.9 Å². The van der Waals surface area contributed by atoms with Gasteiger partial charge < -0.3 is 9.47 Å². The minimum absolute atomic E-state index is 0.0970. The summed E-state index contributed by atoms with van der Waals surface area (Å²) in [6.07, 6.45) is 0.802. The zero-order valence-electron chi connectivity index (χ0n) is 18.7. The SMILES string of the molecule is CC1(C)C(C=C(Cl)c2ccccc2)C1C(=O)OC(C#N)c1cccc(Oc2ccc(F)cc2)c1. The van der Waals surface area contributed by atoms with Gasteiger partial charge in [-0.2, -0.15) is 5.26 Å². The van der Waals surface area contributed by atoms with Gasteiger partial charge in [0.05, 0.1) is 5.92 Å². The molecule has 3 aromatic carbocycles. The van der Waals surface area contributed by atoms with E-state index in [-0.39, 0.29) is 17.2 Å². The highest BCUT2D eigenvalue weighted by Gasteiger charge is 2.62. The van der Waals surface area contributed by atoms with E-state index >= 15 is 0 Å². The molecule has 0 aliphatic heterocycles. The second kappa shape index (κ2) is 9.70. The fourth-order valence-corrected chi connectivity index (χ4v) is 4.29. The molecule has 6 heteroatoms. The Hall–Kier alpha value is -3.62. The van der Waals surface area contributed by atoms with Crippen molar-refractivity contribution in [3.8, 4) is 17.6 Å². The van der Waals surface area contributed by atoms with Gasteiger partial charge in [-0.1, -0.05) is 74.0 Å². The third kappa shape index (κ3) is 5.13. The molecule has 1 saturated carbocycles. The molecule has 0 radical (unpaired) electrons. The van der Waals surface area contributed by atoms with Gasteiger partial charge in [0.15, 0.2) is 0 Å². The summed E-state index contributed by atoms with van der Waals surface area (Å²) in [6.45, 7) is 3.96. The summed E-state index contributed by atoms with van der Waals surface area (Å²) >= 11 is 6.48. The summed E-state index contributed by atoms with van der Waals surface area (Å²) in [5.74, 6) is -0.407. The number of allylic oxidation sites excluding steroid dienone is 1. The van der Waals surface area contributed by atoms with Crippen LogP contribution in [0.3, 0.4) is 0 Å². The van der Waals surface area contributed by atoms with Gasteiger partial charge in [-0.25, -0.2) is 4.39 Å². The second-order valence-electron chi connectivity index (χ2n) is 8.78. The van der Waals surface area contributed by atoms with E-state index in [1.807, 2.05) is 56.3 Å². The average Bonchev–Trinajstić information content (AvgIpc) is 3.39.